The lowest BCUT2D eigenvalue weighted by atomic mass is 9.93. The molecule has 0 radical (unpaired) electrons. The van der Waals surface area contributed by atoms with Gasteiger partial charge < -0.3 is 24.1 Å². The highest BCUT2D eigenvalue weighted by atomic mass is 16.8. The number of nitriles is 1. The number of aliphatic hydroxyl groups excluding tert-OH is 1. The molecule has 1 N–H and O–H groups in total. The van der Waals surface area contributed by atoms with Crippen molar-refractivity contribution in [3.8, 4) is 6.07 Å². The Bertz CT molecular complexity index is 1100. The van der Waals surface area contributed by atoms with Crippen LogP contribution in [0.25, 0.3) is 0 Å². The minimum Gasteiger partial charge on any atom is -0.394 e. The molecule has 33 heavy (non-hydrogen) atoms. The molecule has 6 atom stereocenters. The molecule has 7 nitrogen and oxygen atoms in total. The molecule has 2 aliphatic rings. The second-order valence-electron chi connectivity index (χ2n) is 8.07. The van der Waals surface area contributed by atoms with Crippen LogP contribution >= 0.6 is 0 Å². The van der Waals surface area contributed by atoms with E-state index in [0.717, 1.165) is 16.7 Å². The van der Waals surface area contributed by atoms with E-state index in [0.29, 0.717) is 12.0 Å². The number of ether oxygens (including phenoxy) is 4. The van der Waals surface area contributed by atoms with Crippen LogP contribution in [-0.2, 0) is 25.4 Å². The van der Waals surface area contributed by atoms with Crippen molar-refractivity contribution in [3.05, 3.63) is 101 Å². The van der Waals surface area contributed by atoms with Crippen molar-refractivity contribution < 1.29 is 24.1 Å². The molecular weight excluding hydrogens is 420 g/mol. The Labute approximate surface area is 192 Å². The second-order valence-corrected chi connectivity index (χ2v) is 8.07. The van der Waals surface area contributed by atoms with Gasteiger partial charge in [-0.15, -0.1) is 0 Å². The van der Waals surface area contributed by atoms with E-state index in [4.69, 9.17) is 18.9 Å². The summed E-state index contributed by atoms with van der Waals surface area (Å²) in [6.45, 7) is -0.221. The first-order valence-electron chi connectivity index (χ1n) is 10.9. The summed E-state index contributed by atoms with van der Waals surface area (Å²) in [5.41, 5.74) is 3.01. The summed E-state index contributed by atoms with van der Waals surface area (Å²) in [6, 6.07) is 23.2. The quantitative estimate of drug-likeness (QED) is 0.644. The van der Waals surface area contributed by atoms with Crippen LogP contribution in [0.15, 0.2) is 79.1 Å². The van der Waals surface area contributed by atoms with Gasteiger partial charge in [-0.2, -0.15) is 5.26 Å². The molecule has 5 rings (SSSR count). The molecule has 2 aromatic carbocycles. The Balaban J connectivity index is 1.49. The lowest BCUT2D eigenvalue weighted by molar-refractivity contribution is -0.384. The maximum absolute atomic E-state index is 10.2. The Hall–Kier alpha value is -3.12. The molecule has 2 saturated heterocycles. The van der Waals surface area contributed by atoms with Gasteiger partial charge in [0, 0.05) is 29.9 Å². The Morgan fingerprint density at radius 1 is 0.788 bits per heavy atom. The summed E-state index contributed by atoms with van der Waals surface area (Å²) in [5, 5.41) is 19.7. The number of aliphatic hydroxyl groups is 1. The van der Waals surface area contributed by atoms with E-state index in [1.165, 1.54) is 0 Å². The zero-order chi connectivity index (χ0) is 22.6. The molecule has 3 aromatic rings. The SMILES string of the molecule is N#Cc1cnccc1CC1OC(c2ccccc2)OC2C(CO)OC(c3ccccc3)OC12. The number of nitrogens with zero attached hydrogens (tertiary/aromatic N) is 2. The van der Waals surface area contributed by atoms with E-state index in [1.807, 2.05) is 66.7 Å². The van der Waals surface area contributed by atoms with E-state index in [-0.39, 0.29) is 6.61 Å². The van der Waals surface area contributed by atoms with Gasteiger partial charge in [0.05, 0.1) is 18.3 Å². The van der Waals surface area contributed by atoms with Crippen molar-refractivity contribution in [2.45, 2.75) is 43.4 Å². The van der Waals surface area contributed by atoms with E-state index < -0.39 is 37.0 Å². The predicted molar refractivity (Wildman–Crippen MR) is 118 cm³/mol. The van der Waals surface area contributed by atoms with E-state index in [9.17, 15) is 10.4 Å². The van der Waals surface area contributed by atoms with E-state index >= 15 is 0 Å². The smallest absolute Gasteiger partial charge is 0.184 e. The normalized spacial score (nSPS) is 29.1. The molecule has 1 aromatic heterocycles. The van der Waals surface area contributed by atoms with Crippen LogP contribution in [0.1, 0.15) is 34.8 Å². The minimum atomic E-state index is -0.666. The van der Waals surface area contributed by atoms with Crippen LogP contribution in [0.2, 0.25) is 0 Å². The number of fused-ring (bicyclic) bond motifs is 1. The monoisotopic (exact) mass is 444 g/mol. The standard InChI is InChI=1S/C26H24N2O5/c27-14-20-15-28-12-11-19(20)13-21-23-24(33-25(30-21)17-7-3-1-4-8-17)22(16-29)31-26(32-23)18-9-5-2-6-10-18/h1-12,15,21-26,29H,13,16H2. The fourth-order valence-corrected chi connectivity index (χ4v) is 4.34. The Kier molecular flexibility index (Phi) is 6.44. The fourth-order valence-electron chi connectivity index (χ4n) is 4.34. The Morgan fingerprint density at radius 2 is 1.36 bits per heavy atom. The van der Waals surface area contributed by atoms with Crippen LogP contribution in [0.5, 0.6) is 0 Å². The highest BCUT2D eigenvalue weighted by Gasteiger charge is 2.50. The lowest BCUT2D eigenvalue weighted by Crippen LogP contribution is -2.59. The number of pyridine rings is 1. The summed E-state index contributed by atoms with van der Waals surface area (Å²) < 4.78 is 25.2. The summed E-state index contributed by atoms with van der Waals surface area (Å²) >= 11 is 0. The fraction of sp³-hybridized carbons (Fsp3) is 0.308. The molecule has 2 aliphatic heterocycles. The third-order valence-corrected chi connectivity index (χ3v) is 5.99. The van der Waals surface area contributed by atoms with Gasteiger partial charge >= 0.3 is 0 Å². The van der Waals surface area contributed by atoms with Gasteiger partial charge in [0.2, 0.25) is 0 Å². The number of aromatic nitrogens is 1. The zero-order valence-electron chi connectivity index (χ0n) is 17.9. The molecule has 7 heteroatoms. The van der Waals surface area contributed by atoms with Gasteiger partial charge in [-0.05, 0) is 11.6 Å². The first-order valence-corrected chi connectivity index (χ1v) is 10.9. The molecule has 3 heterocycles. The molecule has 0 bridgehead atoms. The number of benzene rings is 2. The van der Waals surface area contributed by atoms with Crippen molar-refractivity contribution >= 4 is 0 Å². The van der Waals surface area contributed by atoms with Crippen LogP contribution in [0.3, 0.4) is 0 Å². The summed E-state index contributed by atoms with van der Waals surface area (Å²) in [7, 11) is 0. The maximum atomic E-state index is 10.2. The van der Waals surface area contributed by atoms with Crippen molar-refractivity contribution in [1.29, 1.82) is 5.26 Å². The van der Waals surface area contributed by atoms with Gasteiger partial charge in [0.1, 0.15) is 24.4 Å². The zero-order valence-corrected chi connectivity index (χ0v) is 17.9. The van der Waals surface area contributed by atoms with Gasteiger partial charge in [-0.1, -0.05) is 60.7 Å². The minimum absolute atomic E-state index is 0.221. The van der Waals surface area contributed by atoms with Gasteiger partial charge in [-0.25, -0.2) is 0 Å². The highest BCUT2D eigenvalue weighted by molar-refractivity contribution is 5.35. The molecule has 0 aliphatic carbocycles. The van der Waals surface area contributed by atoms with Crippen LogP contribution in [0, 0.1) is 11.3 Å². The van der Waals surface area contributed by atoms with Gasteiger partial charge in [0.15, 0.2) is 12.6 Å². The van der Waals surface area contributed by atoms with Crippen molar-refractivity contribution in [2.75, 3.05) is 6.61 Å². The van der Waals surface area contributed by atoms with E-state index in [1.54, 1.807) is 12.4 Å². The van der Waals surface area contributed by atoms with Gasteiger partial charge in [0.25, 0.3) is 0 Å². The first kappa shape index (κ1) is 21.7. The molecule has 6 unspecified atom stereocenters. The third kappa shape index (κ3) is 4.53. The van der Waals surface area contributed by atoms with Crippen molar-refractivity contribution in [3.63, 3.8) is 0 Å². The maximum Gasteiger partial charge on any atom is 0.184 e. The number of rotatable bonds is 5. The van der Waals surface area contributed by atoms with Crippen molar-refractivity contribution in [1.82, 2.24) is 4.98 Å². The van der Waals surface area contributed by atoms with Gasteiger partial charge in [-0.3, -0.25) is 4.98 Å². The largest absolute Gasteiger partial charge is 0.394 e. The van der Waals surface area contributed by atoms with Crippen LogP contribution < -0.4 is 0 Å². The van der Waals surface area contributed by atoms with E-state index in [2.05, 4.69) is 11.1 Å². The summed E-state index contributed by atoms with van der Waals surface area (Å²) in [6.07, 6.45) is 0.225. The number of hydrogen-bond acceptors (Lipinski definition) is 7. The molecule has 0 spiro atoms. The van der Waals surface area contributed by atoms with Crippen LogP contribution in [-0.4, -0.2) is 41.1 Å². The number of hydrogen-bond donors (Lipinski definition) is 1. The second kappa shape index (κ2) is 9.79. The molecular formula is C26H24N2O5. The third-order valence-electron chi connectivity index (χ3n) is 5.99. The highest BCUT2D eigenvalue weighted by Crippen LogP contribution is 2.41. The summed E-state index contributed by atoms with van der Waals surface area (Å²) in [5.74, 6) is 0. The lowest BCUT2D eigenvalue weighted by Gasteiger charge is -2.49. The molecule has 168 valence electrons. The predicted octanol–water partition coefficient (Wildman–Crippen LogP) is 3.45. The summed E-state index contributed by atoms with van der Waals surface area (Å²) in [4.78, 5) is 4.06. The molecule has 2 fully saturated rings. The topological polar surface area (TPSA) is 93.8 Å². The molecule has 0 saturated carbocycles. The Morgan fingerprint density at radius 3 is 1.94 bits per heavy atom. The van der Waals surface area contributed by atoms with Crippen LogP contribution in [0.4, 0.5) is 0 Å². The average Bonchev–Trinajstić information content (AvgIpc) is 2.89. The molecule has 0 amide bonds. The van der Waals surface area contributed by atoms with Crippen molar-refractivity contribution in [2.24, 2.45) is 0 Å². The average molecular weight is 444 g/mol. The first-order chi connectivity index (χ1) is 16.3.